The summed E-state index contributed by atoms with van der Waals surface area (Å²) in [4.78, 5) is 0. The molecule has 122 valence electrons. The maximum atomic E-state index is 2.72. The first-order valence-electron chi connectivity index (χ1n) is 8.73. The van der Waals surface area contributed by atoms with E-state index in [1.54, 1.807) is 0 Å². The van der Waals surface area contributed by atoms with Crippen LogP contribution in [-0.4, -0.2) is 13.5 Å². The van der Waals surface area contributed by atoms with Gasteiger partial charge in [0.15, 0.2) is 0 Å². The Kier molecular flexibility index (Phi) is 5.99. The fourth-order valence-corrected chi connectivity index (χ4v) is 6.23. The largest absolute Gasteiger partial charge is 0.314 e. The third kappa shape index (κ3) is 4.44. The van der Waals surface area contributed by atoms with E-state index in [-0.39, 0.29) is 0 Å². The molecule has 1 nitrogen and oxygen atoms in total. The van der Waals surface area contributed by atoms with Gasteiger partial charge in [0.1, 0.15) is 8.96 Å². The van der Waals surface area contributed by atoms with E-state index < -0.39 is 8.96 Å². The second-order valence-corrected chi connectivity index (χ2v) is 9.46. The maximum absolute atomic E-state index is 2.72. The first-order valence-corrected chi connectivity index (χ1v) is 10.6. The van der Waals surface area contributed by atoms with Crippen LogP contribution in [0.25, 0.3) is 0 Å². The van der Waals surface area contributed by atoms with Crippen molar-refractivity contribution in [2.75, 3.05) is 0 Å². The molecule has 0 aliphatic carbocycles. The Labute approximate surface area is 147 Å². The first kappa shape index (κ1) is 16.7. The molecule has 0 aliphatic rings. The lowest BCUT2D eigenvalue weighted by Gasteiger charge is -2.31. The summed E-state index contributed by atoms with van der Waals surface area (Å²) in [5, 5.41) is 1.53. The highest BCUT2D eigenvalue weighted by atomic mass is 28.3. The maximum Gasteiger partial charge on any atom is 0.144 e. The van der Waals surface area contributed by atoms with E-state index in [0.29, 0.717) is 0 Å². The second-order valence-electron chi connectivity index (χ2n) is 6.21. The number of hydrogen-bond donors (Lipinski definition) is 0. The van der Waals surface area contributed by atoms with Crippen LogP contribution in [0.15, 0.2) is 91.0 Å². The summed E-state index contributed by atoms with van der Waals surface area (Å²) in [6.07, 6.45) is 0. The van der Waals surface area contributed by atoms with E-state index >= 15 is 0 Å². The molecule has 3 rings (SSSR count). The summed E-state index contributed by atoms with van der Waals surface area (Å²) in [5.74, 6) is 0. The minimum atomic E-state index is -1.19. The Hall–Kier alpha value is -2.16. The lowest BCUT2D eigenvalue weighted by molar-refractivity contribution is 0.424. The Morgan fingerprint density at radius 2 is 1.04 bits per heavy atom. The number of nitrogens with zero attached hydrogens (tertiary/aromatic N) is 1. The predicted molar refractivity (Wildman–Crippen MR) is 106 cm³/mol. The van der Waals surface area contributed by atoms with Crippen molar-refractivity contribution in [1.82, 2.24) is 4.57 Å². The fraction of sp³-hybridized carbons (Fsp3) is 0.182. The fourth-order valence-electron chi connectivity index (χ4n) is 3.29. The Morgan fingerprint density at radius 1 is 0.625 bits per heavy atom. The SMILES string of the molecule is CC[SiH](c1ccccc1)N(Cc1ccccc1)Cc1ccccc1. The van der Waals surface area contributed by atoms with Crippen LogP contribution in [-0.2, 0) is 13.1 Å². The number of rotatable bonds is 7. The molecular weight excluding hydrogens is 306 g/mol. The van der Waals surface area contributed by atoms with Crippen molar-refractivity contribution in [2.45, 2.75) is 26.1 Å². The molecule has 0 heterocycles. The van der Waals surface area contributed by atoms with E-state index in [0.717, 1.165) is 13.1 Å². The summed E-state index contributed by atoms with van der Waals surface area (Å²) in [7, 11) is -1.19. The van der Waals surface area contributed by atoms with E-state index in [2.05, 4.69) is 102 Å². The van der Waals surface area contributed by atoms with Gasteiger partial charge in [0.25, 0.3) is 0 Å². The van der Waals surface area contributed by atoms with Gasteiger partial charge in [0, 0.05) is 13.1 Å². The van der Waals surface area contributed by atoms with E-state index in [4.69, 9.17) is 0 Å². The lowest BCUT2D eigenvalue weighted by Crippen LogP contribution is -2.46. The van der Waals surface area contributed by atoms with Crippen LogP contribution in [0.2, 0.25) is 6.04 Å². The van der Waals surface area contributed by atoms with Gasteiger partial charge >= 0.3 is 0 Å². The number of benzene rings is 3. The highest BCUT2D eigenvalue weighted by molar-refractivity contribution is 6.70. The van der Waals surface area contributed by atoms with Crippen LogP contribution in [0.5, 0.6) is 0 Å². The van der Waals surface area contributed by atoms with E-state index in [9.17, 15) is 0 Å². The third-order valence-electron chi connectivity index (χ3n) is 4.47. The van der Waals surface area contributed by atoms with Crippen LogP contribution in [0.3, 0.4) is 0 Å². The van der Waals surface area contributed by atoms with Gasteiger partial charge in [0.2, 0.25) is 0 Å². The molecule has 0 saturated heterocycles. The molecule has 1 atom stereocenters. The van der Waals surface area contributed by atoms with Gasteiger partial charge in [-0.3, -0.25) is 0 Å². The molecule has 3 aromatic carbocycles. The monoisotopic (exact) mass is 331 g/mol. The molecule has 0 radical (unpaired) electrons. The van der Waals surface area contributed by atoms with Crippen molar-refractivity contribution in [3.8, 4) is 0 Å². The summed E-state index contributed by atoms with van der Waals surface area (Å²) < 4.78 is 2.72. The topological polar surface area (TPSA) is 3.24 Å². The molecule has 3 aromatic rings. The molecule has 0 N–H and O–H groups in total. The van der Waals surface area contributed by atoms with Crippen LogP contribution < -0.4 is 5.19 Å². The van der Waals surface area contributed by atoms with E-state index in [1.807, 2.05) is 0 Å². The van der Waals surface area contributed by atoms with Gasteiger partial charge < -0.3 is 4.57 Å². The zero-order valence-electron chi connectivity index (χ0n) is 14.3. The molecule has 0 spiro atoms. The van der Waals surface area contributed by atoms with Gasteiger partial charge in [-0.1, -0.05) is 97.9 Å². The summed E-state index contributed by atoms with van der Waals surface area (Å²) >= 11 is 0. The minimum Gasteiger partial charge on any atom is -0.314 e. The summed E-state index contributed by atoms with van der Waals surface area (Å²) in [5.41, 5.74) is 2.80. The molecule has 0 aliphatic heterocycles. The van der Waals surface area contributed by atoms with Gasteiger partial charge in [-0.2, -0.15) is 0 Å². The molecule has 1 unspecified atom stereocenters. The van der Waals surface area contributed by atoms with Gasteiger partial charge in [-0.15, -0.1) is 0 Å². The third-order valence-corrected chi connectivity index (χ3v) is 7.64. The van der Waals surface area contributed by atoms with Crippen LogP contribution in [0.1, 0.15) is 18.1 Å². The molecule has 0 aromatic heterocycles. The lowest BCUT2D eigenvalue weighted by atomic mass is 10.2. The Bertz CT molecular complexity index is 671. The standard InChI is InChI=1S/C22H25NSi/c1-2-24(22-16-10-5-11-17-22)23(18-20-12-6-3-7-13-20)19-21-14-8-4-9-15-21/h3-17,24H,2,18-19H2,1H3. The Morgan fingerprint density at radius 3 is 1.46 bits per heavy atom. The van der Waals surface area contributed by atoms with Crippen molar-refractivity contribution in [1.29, 1.82) is 0 Å². The minimum absolute atomic E-state index is 1.02. The van der Waals surface area contributed by atoms with Crippen LogP contribution >= 0.6 is 0 Å². The summed E-state index contributed by atoms with van der Waals surface area (Å²) in [6, 6.07) is 34.0. The van der Waals surface area contributed by atoms with Gasteiger partial charge in [-0.05, 0) is 22.4 Å². The highest BCUT2D eigenvalue weighted by Gasteiger charge is 2.21. The average Bonchev–Trinajstić information content (AvgIpc) is 2.65. The van der Waals surface area contributed by atoms with Crippen molar-refractivity contribution < 1.29 is 0 Å². The van der Waals surface area contributed by atoms with Crippen molar-refractivity contribution in [3.05, 3.63) is 102 Å². The zero-order chi connectivity index (χ0) is 16.6. The normalized spacial score (nSPS) is 12.2. The van der Waals surface area contributed by atoms with Crippen molar-refractivity contribution in [2.24, 2.45) is 0 Å². The highest BCUT2D eigenvalue weighted by Crippen LogP contribution is 2.14. The molecule has 0 amide bonds. The molecule has 0 fully saturated rings. The summed E-state index contributed by atoms with van der Waals surface area (Å²) in [6.45, 7) is 4.39. The Balaban J connectivity index is 1.88. The van der Waals surface area contributed by atoms with Crippen molar-refractivity contribution >= 4 is 14.1 Å². The van der Waals surface area contributed by atoms with Gasteiger partial charge in [-0.25, -0.2) is 0 Å². The smallest absolute Gasteiger partial charge is 0.144 e. The molecular formula is C22H25NSi. The molecule has 0 saturated carbocycles. The zero-order valence-corrected chi connectivity index (χ0v) is 15.5. The van der Waals surface area contributed by atoms with Gasteiger partial charge in [0.05, 0.1) is 0 Å². The van der Waals surface area contributed by atoms with E-state index in [1.165, 1.54) is 22.4 Å². The molecule has 24 heavy (non-hydrogen) atoms. The molecule has 0 bridgehead atoms. The van der Waals surface area contributed by atoms with Crippen molar-refractivity contribution in [3.63, 3.8) is 0 Å². The molecule has 2 heteroatoms. The predicted octanol–water partition coefficient (Wildman–Crippen LogP) is 4.34. The first-order chi connectivity index (χ1) is 11.9. The quantitative estimate of drug-likeness (QED) is 0.582. The second kappa shape index (κ2) is 8.62. The van der Waals surface area contributed by atoms with Crippen LogP contribution in [0, 0.1) is 0 Å². The average molecular weight is 332 g/mol. The van der Waals surface area contributed by atoms with Crippen LogP contribution in [0.4, 0.5) is 0 Å². The number of hydrogen-bond acceptors (Lipinski definition) is 1.